The monoisotopic (exact) mass is 360 g/mol. The van der Waals surface area contributed by atoms with Crippen LogP contribution in [0.1, 0.15) is 39.2 Å². The van der Waals surface area contributed by atoms with Gasteiger partial charge < -0.3 is 19.9 Å². The Kier molecular flexibility index (Phi) is 8.23. The van der Waals surface area contributed by atoms with Crippen LogP contribution in [0.15, 0.2) is 29.3 Å². The molecule has 0 saturated carbocycles. The smallest absolute Gasteiger partial charge is 0.193 e. The first-order chi connectivity index (χ1) is 12.5. The lowest BCUT2D eigenvalue weighted by molar-refractivity contribution is 0.143. The highest BCUT2D eigenvalue weighted by atomic mass is 16.5. The van der Waals surface area contributed by atoms with Crippen molar-refractivity contribution < 1.29 is 4.74 Å². The maximum atomic E-state index is 5.24. The maximum absolute atomic E-state index is 5.24. The third-order valence-electron chi connectivity index (χ3n) is 5.06. The van der Waals surface area contributed by atoms with Gasteiger partial charge in [0.1, 0.15) is 5.75 Å². The number of hydrogen-bond donors (Lipinski definition) is 1. The van der Waals surface area contributed by atoms with Crippen molar-refractivity contribution in [1.29, 1.82) is 0 Å². The highest BCUT2D eigenvalue weighted by Gasteiger charge is 2.21. The van der Waals surface area contributed by atoms with E-state index in [-0.39, 0.29) is 0 Å². The van der Waals surface area contributed by atoms with E-state index in [9.17, 15) is 0 Å². The molecule has 0 aromatic heterocycles. The molecule has 1 heterocycles. The van der Waals surface area contributed by atoms with Gasteiger partial charge in [-0.25, -0.2) is 0 Å². The van der Waals surface area contributed by atoms with Crippen LogP contribution in [-0.4, -0.2) is 62.1 Å². The van der Waals surface area contributed by atoms with Crippen molar-refractivity contribution in [2.24, 2.45) is 10.9 Å². The Bertz CT molecular complexity index is 556. The van der Waals surface area contributed by atoms with Crippen molar-refractivity contribution in [1.82, 2.24) is 15.1 Å². The number of benzene rings is 1. The summed E-state index contributed by atoms with van der Waals surface area (Å²) in [7, 11) is 3.80. The molecule has 2 rings (SSSR count). The van der Waals surface area contributed by atoms with E-state index in [4.69, 9.17) is 9.73 Å². The predicted molar refractivity (Wildman–Crippen MR) is 110 cm³/mol. The second kappa shape index (κ2) is 10.4. The molecule has 1 atom stereocenters. The number of piperidine rings is 1. The molecule has 1 N–H and O–H groups in total. The van der Waals surface area contributed by atoms with Gasteiger partial charge in [-0.1, -0.05) is 12.1 Å². The first-order valence-corrected chi connectivity index (χ1v) is 9.89. The van der Waals surface area contributed by atoms with E-state index in [1.807, 2.05) is 12.1 Å². The second-order valence-corrected chi connectivity index (χ2v) is 7.50. The Hall–Kier alpha value is -1.75. The fraction of sp³-hybridized carbons (Fsp3) is 0.667. The molecule has 0 spiro atoms. The summed E-state index contributed by atoms with van der Waals surface area (Å²) >= 11 is 0. The Morgan fingerprint density at radius 2 is 2.08 bits per heavy atom. The van der Waals surface area contributed by atoms with E-state index < -0.39 is 0 Å². The highest BCUT2D eigenvalue weighted by molar-refractivity contribution is 5.79. The van der Waals surface area contributed by atoms with E-state index >= 15 is 0 Å². The van der Waals surface area contributed by atoms with Gasteiger partial charge in [0.15, 0.2) is 5.96 Å². The number of hydrogen-bond acceptors (Lipinski definition) is 3. The molecule has 0 amide bonds. The van der Waals surface area contributed by atoms with E-state index in [1.54, 1.807) is 7.11 Å². The van der Waals surface area contributed by atoms with Gasteiger partial charge >= 0.3 is 0 Å². The molecule has 1 saturated heterocycles. The summed E-state index contributed by atoms with van der Waals surface area (Å²) in [6, 6.07) is 8.87. The minimum absolute atomic E-state index is 0.632. The number of rotatable bonds is 7. The lowest BCUT2D eigenvalue weighted by Crippen LogP contribution is -2.42. The topological polar surface area (TPSA) is 40.1 Å². The van der Waals surface area contributed by atoms with Crippen LogP contribution in [0.25, 0.3) is 0 Å². The number of guanidine groups is 1. The van der Waals surface area contributed by atoms with Crippen LogP contribution >= 0.6 is 0 Å². The number of methoxy groups -OCH3 is 1. The minimum atomic E-state index is 0.632. The third-order valence-corrected chi connectivity index (χ3v) is 5.06. The Balaban J connectivity index is 1.95. The van der Waals surface area contributed by atoms with Gasteiger partial charge in [-0.2, -0.15) is 0 Å². The lowest BCUT2D eigenvalue weighted by Gasteiger charge is -2.35. The fourth-order valence-corrected chi connectivity index (χ4v) is 3.48. The quantitative estimate of drug-likeness (QED) is 0.599. The molecule has 1 aliphatic rings. The van der Waals surface area contributed by atoms with Crippen LogP contribution in [0.3, 0.4) is 0 Å². The van der Waals surface area contributed by atoms with Crippen LogP contribution in [0.2, 0.25) is 0 Å². The largest absolute Gasteiger partial charge is 0.497 e. The summed E-state index contributed by atoms with van der Waals surface area (Å²) in [5, 5.41) is 3.44. The maximum Gasteiger partial charge on any atom is 0.193 e. The zero-order valence-corrected chi connectivity index (χ0v) is 17.2. The normalized spacial score (nSPS) is 18.8. The van der Waals surface area contributed by atoms with Crippen molar-refractivity contribution in [2.75, 3.05) is 40.3 Å². The number of ether oxygens (including phenoxy) is 1. The molecular weight excluding hydrogens is 324 g/mol. The molecule has 1 unspecified atom stereocenters. The van der Waals surface area contributed by atoms with Gasteiger partial charge in [0.2, 0.25) is 0 Å². The van der Waals surface area contributed by atoms with Gasteiger partial charge in [-0.15, -0.1) is 0 Å². The van der Waals surface area contributed by atoms with Crippen LogP contribution in [0.5, 0.6) is 5.75 Å². The molecular formula is C21H36N4O. The van der Waals surface area contributed by atoms with E-state index in [1.165, 1.54) is 31.5 Å². The Morgan fingerprint density at radius 1 is 1.35 bits per heavy atom. The van der Waals surface area contributed by atoms with E-state index in [0.717, 1.165) is 31.3 Å². The molecule has 0 bridgehead atoms. The molecule has 146 valence electrons. The van der Waals surface area contributed by atoms with Crippen LogP contribution in [0, 0.1) is 5.92 Å². The summed E-state index contributed by atoms with van der Waals surface area (Å²) in [5.74, 6) is 2.54. The molecule has 5 nitrogen and oxygen atoms in total. The summed E-state index contributed by atoms with van der Waals surface area (Å²) < 4.78 is 5.24. The lowest BCUT2D eigenvalue weighted by atomic mass is 9.97. The van der Waals surface area contributed by atoms with Crippen LogP contribution < -0.4 is 10.1 Å². The van der Waals surface area contributed by atoms with Crippen molar-refractivity contribution >= 4 is 5.96 Å². The van der Waals surface area contributed by atoms with Gasteiger partial charge in [0.05, 0.1) is 7.11 Å². The predicted octanol–water partition coefficient (Wildman–Crippen LogP) is 3.21. The van der Waals surface area contributed by atoms with E-state index in [0.29, 0.717) is 12.0 Å². The fourth-order valence-electron chi connectivity index (χ4n) is 3.48. The molecule has 1 aromatic carbocycles. The standard InChI is InChI=1S/C21H36N4O/c1-6-22-21(23-14-19-8-7-13-25(16-19)17(2)3)24(4)15-18-9-11-20(26-5)12-10-18/h9-12,17,19H,6-8,13-16H2,1-5H3,(H,22,23). The number of likely N-dealkylation sites (tertiary alicyclic amines) is 1. The SMILES string of the molecule is CCNC(=NCC1CCCN(C(C)C)C1)N(C)Cc1ccc(OC)cc1. The molecule has 5 heteroatoms. The number of nitrogens with zero attached hydrogens (tertiary/aromatic N) is 3. The van der Waals surface area contributed by atoms with Gasteiger partial charge in [-0.05, 0) is 63.8 Å². The van der Waals surface area contributed by atoms with Crippen molar-refractivity contribution in [3.63, 3.8) is 0 Å². The molecule has 0 radical (unpaired) electrons. The van der Waals surface area contributed by atoms with Crippen molar-refractivity contribution in [2.45, 2.75) is 46.2 Å². The van der Waals surface area contributed by atoms with Gasteiger partial charge in [-0.3, -0.25) is 4.99 Å². The van der Waals surface area contributed by atoms with Gasteiger partial charge in [0.25, 0.3) is 0 Å². The average molecular weight is 361 g/mol. The molecule has 1 fully saturated rings. The number of nitrogens with one attached hydrogen (secondary N) is 1. The zero-order valence-electron chi connectivity index (χ0n) is 17.2. The van der Waals surface area contributed by atoms with Crippen molar-refractivity contribution in [3.05, 3.63) is 29.8 Å². The van der Waals surface area contributed by atoms with E-state index in [2.05, 4.69) is 55.1 Å². The first kappa shape index (κ1) is 20.6. The molecule has 1 aromatic rings. The number of aliphatic imine (C=N–C) groups is 1. The first-order valence-electron chi connectivity index (χ1n) is 9.89. The molecule has 0 aliphatic carbocycles. The van der Waals surface area contributed by atoms with Crippen molar-refractivity contribution in [3.8, 4) is 5.75 Å². The summed E-state index contributed by atoms with van der Waals surface area (Å²) in [6.45, 7) is 11.7. The van der Waals surface area contributed by atoms with Gasteiger partial charge in [0, 0.05) is 39.3 Å². The Labute approximate surface area is 159 Å². The van der Waals surface area contributed by atoms with Crippen LogP contribution in [-0.2, 0) is 6.54 Å². The highest BCUT2D eigenvalue weighted by Crippen LogP contribution is 2.19. The summed E-state index contributed by atoms with van der Waals surface area (Å²) in [5.41, 5.74) is 1.25. The summed E-state index contributed by atoms with van der Waals surface area (Å²) in [4.78, 5) is 9.72. The average Bonchev–Trinajstić information content (AvgIpc) is 2.65. The Morgan fingerprint density at radius 3 is 2.69 bits per heavy atom. The van der Waals surface area contributed by atoms with Crippen LogP contribution in [0.4, 0.5) is 0 Å². The molecule has 26 heavy (non-hydrogen) atoms. The third kappa shape index (κ3) is 6.20. The second-order valence-electron chi connectivity index (χ2n) is 7.50. The molecule has 1 aliphatic heterocycles. The minimum Gasteiger partial charge on any atom is -0.497 e. The zero-order chi connectivity index (χ0) is 18.9. The summed E-state index contributed by atoms with van der Waals surface area (Å²) in [6.07, 6.45) is 2.57.